The van der Waals surface area contributed by atoms with Crippen LogP contribution in [0.2, 0.25) is 0 Å². The second kappa shape index (κ2) is 8.39. The second-order valence-corrected chi connectivity index (χ2v) is 10.2. The van der Waals surface area contributed by atoms with Crippen LogP contribution < -0.4 is 9.62 Å². The van der Waals surface area contributed by atoms with Gasteiger partial charge in [0.15, 0.2) is 0 Å². The molecule has 2 aromatic carbocycles. The van der Waals surface area contributed by atoms with Crippen molar-refractivity contribution in [1.29, 1.82) is 0 Å². The SMILES string of the molecule is Cc1cccc(C(C)C)c1NC(=O)c1ccc(N(C)S(=O)(=O)c2cccs2)cc1. The average molecular weight is 429 g/mol. The first-order chi connectivity index (χ1) is 13.7. The van der Waals surface area contributed by atoms with Gasteiger partial charge < -0.3 is 5.32 Å². The van der Waals surface area contributed by atoms with Crippen LogP contribution in [0.25, 0.3) is 0 Å². The smallest absolute Gasteiger partial charge is 0.273 e. The van der Waals surface area contributed by atoms with Gasteiger partial charge in [-0.05, 0) is 59.7 Å². The molecule has 3 aromatic rings. The van der Waals surface area contributed by atoms with Crippen LogP contribution in [0.3, 0.4) is 0 Å². The van der Waals surface area contributed by atoms with E-state index in [2.05, 4.69) is 19.2 Å². The van der Waals surface area contributed by atoms with E-state index < -0.39 is 10.0 Å². The fourth-order valence-electron chi connectivity index (χ4n) is 3.03. The van der Waals surface area contributed by atoms with Crippen LogP contribution in [0.4, 0.5) is 11.4 Å². The monoisotopic (exact) mass is 428 g/mol. The van der Waals surface area contributed by atoms with Crippen molar-refractivity contribution in [1.82, 2.24) is 0 Å². The normalized spacial score (nSPS) is 11.5. The molecule has 0 radical (unpaired) electrons. The molecule has 0 saturated carbocycles. The third-order valence-electron chi connectivity index (χ3n) is 4.77. The minimum atomic E-state index is -3.60. The lowest BCUT2D eigenvalue weighted by atomic mass is 9.98. The molecule has 0 fully saturated rings. The predicted molar refractivity (Wildman–Crippen MR) is 120 cm³/mol. The van der Waals surface area contributed by atoms with Crippen LogP contribution in [0.5, 0.6) is 0 Å². The van der Waals surface area contributed by atoms with E-state index in [0.29, 0.717) is 11.3 Å². The maximum Gasteiger partial charge on any atom is 0.273 e. The highest BCUT2D eigenvalue weighted by molar-refractivity contribution is 7.94. The van der Waals surface area contributed by atoms with E-state index in [1.807, 2.05) is 25.1 Å². The molecule has 29 heavy (non-hydrogen) atoms. The van der Waals surface area contributed by atoms with E-state index in [-0.39, 0.29) is 16.0 Å². The van der Waals surface area contributed by atoms with Gasteiger partial charge in [0.05, 0.1) is 5.69 Å². The van der Waals surface area contributed by atoms with E-state index in [4.69, 9.17) is 0 Å². The maximum atomic E-state index is 12.8. The number of hydrogen-bond donors (Lipinski definition) is 1. The predicted octanol–water partition coefficient (Wildman–Crippen LogP) is 5.26. The van der Waals surface area contributed by atoms with Gasteiger partial charge in [-0.25, -0.2) is 8.42 Å². The third-order valence-corrected chi connectivity index (χ3v) is 7.93. The highest BCUT2D eigenvalue weighted by atomic mass is 32.2. The van der Waals surface area contributed by atoms with Crippen LogP contribution >= 0.6 is 11.3 Å². The zero-order valence-corrected chi connectivity index (χ0v) is 18.5. The highest BCUT2D eigenvalue weighted by Gasteiger charge is 2.22. The van der Waals surface area contributed by atoms with Crippen LogP contribution in [-0.4, -0.2) is 21.4 Å². The van der Waals surface area contributed by atoms with Gasteiger partial charge in [0.2, 0.25) is 0 Å². The molecule has 3 rings (SSSR count). The zero-order valence-electron chi connectivity index (χ0n) is 16.8. The van der Waals surface area contributed by atoms with Gasteiger partial charge in [-0.1, -0.05) is 38.1 Å². The molecule has 0 aliphatic heterocycles. The lowest BCUT2D eigenvalue weighted by molar-refractivity contribution is 0.102. The molecule has 1 heterocycles. The molecular formula is C22H24N2O3S2. The summed E-state index contributed by atoms with van der Waals surface area (Å²) in [7, 11) is -2.09. The summed E-state index contributed by atoms with van der Waals surface area (Å²) in [4.78, 5) is 12.8. The summed E-state index contributed by atoms with van der Waals surface area (Å²) in [5.41, 5.74) is 3.87. The molecular weight excluding hydrogens is 404 g/mol. The van der Waals surface area contributed by atoms with Crippen molar-refractivity contribution in [2.75, 3.05) is 16.7 Å². The number of hydrogen-bond acceptors (Lipinski definition) is 4. The van der Waals surface area contributed by atoms with Crippen LogP contribution in [0.15, 0.2) is 64.2 Å². The van der Waals surface area contributed by atoms with E-state index in [1.165, 1.54) is 22.7 Å². The summed E-state index contributed by atoms with van der Waals surface area (Å²) < 4.78 is 26.8. The van der Waals surface area contributed by atoms with Crippen LogP contribution in [-0.2, 0) is 10.0 Å². The molecule has 0 atom stereocenters. The average Bonchev–Trinajstić information content (AvgIpc) is 3.24. The third kappa shape index (κ3) is 4.36. The summed E-state index contributed by atoms with van der Waals surface area (Å²) in [5, 5.41) is 4.74. The van der Waals surface area contributed by atoms with Crippen LogP contribution in [0.1, 0.15) is 41.3 Å². The molecule has 7 heteroatoms. The number of carbonyl (C=O) groups excluding carboxylic acids is 1. The number of rotatable bonds is 6. The standard InChI is InChI=1S/C22H24N2O3S2/c1-15(2)19-8-5-7-16(3)21(19)23-22(25)17-10-12-18(13-11-17)24(4)29(26,27)20-9-6-14-28-20/h5-15H,1-4H3,(H,23,25). The van der Waals surface area contributed by atoms with Crippen molar-refractivity contribution in [3.05, 3.63) is 76.7 Å². The topological polar surface area (TPSA) is 66.5 Å². The molecule has 0 spiro atoms. The first-order valence-corrected chi connectivity index (χ1v) is 11.6. The summed E-state index contributed by atoms with van der Waals surface area (Å²) in [6.07, 6.45) is 0. The van der Waals surface area contributed by atoms with E-state index in [1.54, 1.807) is 41.8 Å². The lowest BCUT2D eigenvalue weighted by Gasteiger charge is -2.19. The number of para-hydroxylation sites is 1. The fourth-order valence-corrected chi connectivity index (χ4v) is 5.39. The molecule has 152 valence electrons. The van der Waals surface area contributed by atoms with Crippen molar-refractivity contribution in [3.8, 4) is 0 Å². The number of amides is 1. The summed E-state index contributed by atoms with van der Waals surface area (Å²) >= 11 is 1.17. The van der Waals surface area contributed by atoms with Gasteiger partial charge in [0.1, 0.15) is 4.21 Å². The molecule has 1 aromatic heterocycles. The Morgan fingerprint density at radius 1 is 1.03 bits per heavy atom. The quantitative estimate of drug-likeness (QED) is 0.582. The largest absolute Gasteiger partial charge is 0.321 e. The summed E-state index contributed by atoms with van der Waals surface area (Å²) in [6.45, 7) is 6.14. The maximum absolute atomic E-state index is 12.8. The van der Waals surface area contributed by atoms with E-state index in [9.17, 15) is 13.2 Å². The Kier molecular flexibility index (Phi) is 6.10. The summed E-state index contributed by atoms with van der Waals surface area (Å²) in [6, 6.07) is 15.8. The zero-order chi connectivity index (χ0) is 21.2. The van der Waals surface area contributed by atoms with Gasteiger partial charge in [-0.3, -0.25) is 9.10 Å². The Bertz CT molecular complexity index is 1100. The van der Waals surface area contributed by atoms with Gasteiger partial charge in [0, 0.05) is 18.3 Å². The Morgan fingerprint density at radius 2 is 1.72 bits per heavy atom. The number of aryl methyl sites for hydroxylation is 1. The molecule has 5 nitrogen and oxygen atoms in total. The number of nitrogens with zero attached hydrogens (tertiary/aromatic N) is 1. The van der Waals surface area contributed by atoms with E-state index >= 15 is 0 Å². The second-order valence-electron chi connectivity index (χ2n) is 7.10. The Balaban J connectivity index is 1.82. The number of anilines is 2. The molecule has 0 aliphatic rings. The van der Waals surface area contributed by atoms with Crippen molar-refractivity contribution in [2.45, 2.75) is 30.9 Å². The lowest BCUT2D eigenvalue weighted by Crippen LogP contribution is -2.25. The molecule has 0 bridgehead atoms. The minimum absolute atomic E-state index is 0.225. The summed E-state index contributed by atoms with van der Waals surface area (Å²) in [5.74, 6) is 0.0557. The highest BCUT2D eigenvalue weighted by Crippen LogP contribution is 2.29. The molecule has 1 N–H and O–H groups in total. The molecule has 1 amide bonds. The first-order valence-electron chi connectivity index (χ1n) is 9.25. The van der Waals surface area contributed by atoms with Crippen molar-refractivity contribution >= 4 is 38.6 Å². The van der Waals surface area contributed by atoms with Gasteiger partial charge in [-0.2, -0.15) is 0 Å². The Morgan fingerprint density at radius 3 is 2.31 bits per heavy atom. The van der Waals surface area contributed by atoms with E-state index in [0.717, 1.165) is 16.8 Å². The van der Waals surface area contributed by atoms with Gasteiger partial charge in [-0.15, -0.1) is 11.3 Å². The Labute approximate surface area is 176 Å². The number of benzene rings is 2. The van der Waals surface area contributed by atoms with Gasteiger partial charge >= 0.3 is 0 Å². The molecule has 0 unspecified atom stereocenters. The van der Waals surface area contributed by atoms with Crippen molar-refractivity contribution in [3.63, 3.8) is 0 Å². The number of carbonyl (C=O) groups is 1. The van der Waals surface area contributed by atoms with Crippen molar-refractivity contribution in [2.24, 2.45) is 0 Å². The minimum Gasteiger partial charge on any atom is -0.321 e. The molecule has 0 aliphatic carbocycles. The Hall–Kier alpha value is -2.64. The van der Waals surface area contributed by atoms with Crippen LogP contribution in [0, 0.1) is 6.92 Å². The van der Waals surface area contributed by atoms with Crippen molar-refractivity contribution < 1.29 is 13.2 Å². The number of thiophene rings is 1. The number of sulfonamides is 1. The number of nitrogens with one attached hydrogen (secondary N) is 1. The first kappa shape index (κ1) is 21.1. The molecule has 0 saturated heterocycles. The van der Waals surface area contributed by atoms with Gasteiger partial charge in [0.25, 0.3) is 15.9 Å². The fraction of sp³-hybridized carbons (Fsp3) is 0.227.